The van der Waals surface area contributed by atoms with E-state index in [4.69, 9.17) is 20.3 Å². The number of hydrogen-bond acceptors (Lipinski definition) is 6. The molecule has 3 aromatic rings. The van der Waals surface area contributed by atoms with Crippen LogP contribution in [-0.2, 0) is 17.9 Å². The van der Waals surface area contributed by atoms with Crippen molar-refractivity contribution < 1.29 is 13.5 Å². The van der Waals surface area contributed by atoms with E-state index in [1.54, 1.807) is 41.9 Å². The molecule has 0 aliphatic rings. The molecule has 0 amide bonds. The maximum atomic E-state index is 14.8. The summed E-state index contributed by atoms with van der Waals surface area (Å²) in [5, 5.41) is 13.2. The smallest absolute Gasteiger partial charge is 0.140 e. The molecule has 140 valence electrons. The molecule has 2 heterocycles. The molecule has 7 heteroatoms. The first kappa shape index (κ1) is 19.0. The van der Waals surface area contributed by atoms with Crippen molar-refractivity contribution in [2.24, 2.45) is 0 Å². The monoisotopic (exact) mass is 385 g/mol. The number of hydrogen-bond donors (Lipinski definition) is 3. The van der Waals surface area contributed by atoms with E-state index in [1.807, 2.05) is 29.6 Å². The van der Waals surface area contributed by atoms with Crippen molar-refractivity contribution in [3.63, 3.8) is 0 Å². The summed E-state index contributed by atoms with van der Waals surface area (Å²) in [5.74, 6) is 0.271. The van der Waals surface area contributed by atoms with Gasteiger partial charge in [0.25, 0.3) is 0 Å². The minimum atomic E-state index is -0.526. The van der Waals surface area contributed by atoms with Gasteiger partial charge in [0, 0.05) is 16.1 Å². The minimum absolute atomic E-state index is 0.0243. The molecule has 4 N–H and O–H groups in total. The first-order chi connectivity index (χ1) is 13.1. The van der Waals surface area contributed by atoms with Crippen LogP contribution in [-0.4, -0.2) is 12.4 Å². The Morgan fingerprint density at radius 3 is 2.93 bits per heavy atom. The van der Waals surface area contributed by atoms with Gasteiger partial charge in [-0.15, -0.1) is 11.3 Å². The molecule has 27 heavy (non-hydrogen) atoms. The largest absolute Gasteiger partial charge is 0.468 e. The van der Waals surface area contributed by atoms with Gasteiger partial charge >= 0.3 is 0 Å². The number of halogens is 1. The molecule has 0 bridgehead atoms. The molecule has 3 rings (SSSR count). The zero-order valence-electron chi connectivity index (χ0n) is 14.6. The van der Waals surface area contributed by atoms with Gasteiger partial charge in [0.2, 0.25) is 0 Å². The van der Waals surface area contributed by atoms with Crippen LogP contribution >= 0.6 is 11.3 Å². The molecule has 0 aliphatic heterocycles. The van der Waals surface area contributed by atoms with E-state index in [1.165, 1.54) is 0 Å². The first-order valence-corrected chi connectivity index (χ1v) is 9.21. The summed E-state index contributed by atoms with van der Waals surface area (Å²) in [4.78, 5) is 0.987. The number of nitrogen functional groups attached to an aromatic ring is 1. The Hall–Kier alpha value is -2.74. The molecule has 2 aromatic heterocycles. The zero-order valence-corrected chi connectivity index (χ0v) is 15.4. The van der Waals surface area contributed by atoms with Crippen molar-refractivity contribution >= 4 is 28.8 Å². The van der Waals surface area contributed by atoms with Crippen LogP contribution in [0.3, 0.4) is 0 Å². The average molecular weight is 385 g/mol. The SMILES string of the molecule is N=C(/C=C/c1cccs1)c1c(N)ccc(COCNCc2ccco2)c1F. The highest BCUT2D eigenvalue weighted by Crippen LogP contribution is 2.22. The van der Waals surface area contributed by atoms with Gasteiger partial charge in [-0.2, -0.15) is 0 Å². The van der Waals surface area contributed by atoms with Crippen LogP contribution in [0.2, 0.25) is 0 Å². The molecular formula is C20H20FN3O2S. The zero-order chi connectivity index (χ0) is 19.1. The lowest BCUT2D eigenvalue weighted by atomic mass is 10.0. The second-order valence-corrected chi connectivity index (χ2v) is 6.74. The third-order valence-electron chi connectivity index (χ3n) is 3.82. The molecule has 0 saturated heterocycles. The standard InChI is InChI=1S/C20H20FN3O2S/c21-20-14(12-25-13-24-11-15-3-1-9-26-15)5-7-17(22)19(20)18(23)8-6-16-4-2-10-27-16/h1-10,23-24H,11-13,22H2/b8-6+,23-18?. The van der Waals surface area contributed by atoms with Gasteiger partial charge < -0.3 is 20.3 Å². The molecule has 0 atom stereocenters. The Labute approximate surface area is 160 Å². The summed E-state index contributed by atoms with van der Waals surface area (Å²) >= 11 is 1.54. The summed E-state index contributed by atoms with van der Waals surface area (Å²) in [6, 6.07) is 10.7. The van der Waals surface area contributed by atoms with Crippen LogP contribution in [0.1, 0.15) is 21.8 Å². The normalized spacial score (nSPS) is 11.3. The predicted octanol–water partition coefficient (Wildman–Crippen LogP) is 4.41. The fraction of sp³-hybridized carbons (Fsp3) is 0.150. The molecule has 0 saturated carbocycles. The minimum Gasteiger partial charge on any atom is -0.468 e. The van der Waals surface area contributed by atoms with E-state index in [-0.39, 0.29) is 30.3 Å². The van der Waals surface area contributed by atoms with Gasteiger partial charge in [0.15, 0.2) is 0 Å². The molecule has 0 radical (unpaired) electrons. The second-order valence-electron chi connectivity index (χ2n) is 5.76. The number of benzene rings is 1. The maximum absolute atomic E-state index is 14.8. The van der Waals surface area contributed by atoms with E-state index in [0.29, 0.717) is 12.1 Å². The second kappa shape index (κ2) is 9.27. The number of ether oxygens (including phenoxy) is 1. The van der Waals surface area contributed by atoms with Crippen molar-refractivity contribution in [1.29, 1.82) is 5.41 Å². The van der Waals surface area contributed by atoms with E-state index >= 15 is 0 Å². The van der Waals surface area contributed by atoms with Crippen LogP contribution < -0.4 is 11.1 Å². The fourth-order valence-corrected chi connectivity index (χ4v) is 3.09. The summed E-state index contributed by atoms with van der Waals surface area (Å²) in [7, 11) is 0. The Morgan fingerprint density at radius 1 is 1.30 bits per heavy atom. The van der Waals surface area contributed by atoms with Crippen LogP contribution in [0.25, 0.3) is 6.08 Å². The van der Waals surface area contributed by atoms with Crippen LogP contribution in [0.4, 0.5) is 10.1 Å². The number of thiophene rings is 1. The lowest BCUT2D eigenvalue weighted by Gasteiger charge is -2.11. The summed E-state index contributed by atoms with van der Waals surface area (Å²) in [5.41, 5.74) is 6.59. The number of nitrogens with one attached hydrogen (secondary N) is 2. The summed E-state index contributed by atoms with van der Waals surface area (Å²) < 4.78 is 25.5. The molecule has 0 unspecified atom stereocenters. The summed E-state index contributed by atoms with van der Waals surface area (Å²) in [6.07, 6.45) is 4.93. The lowest BCUT2D eigenvalue weighted by molar-refractivity contribution is 0.0990. The Balaban J connectivity index is 1.59. The van der Waals surface area contributed by atoms with Crippen molar-refractivity contribution in [2.45, 2.75) is 13.2 Å². The van der Waals surface area contributed by atoms with Gasteiger partial charge in [-0.1, -0.05) is 12.1 Å². The van der Waals surface area contributed by atoms with Gasteiger partial charge in [-0.3, -0.25) is 5.32 Å². The van der Waals surface area contributed by atoms with Gasteiger partial charge in [0.1, 0.15) is 11.6 Å². The third kappa shape index (κ3) is 5.13. The van der Waals surface area contributed by atoms with Gasteiger partial charge in [-0.05, 0) is 41.8 Å². The van der Waals surface area contributed by atoms with Crippen LogP contribution in [0.5, 0.6) is 0 Å². The van der Waals surface area contributed by atoms with Crippen molar-refractivity contribution in [3.8, 4) is 0 Å². The van der Waals surface area contributed by atoms with E-state index < -0.39 is 5.82 Å². The quantitative estimate of drug-likeness (QED) is 0.220. The van der Waals surface area contributed by atoms with Gasteiger partial charge in [-0.25, -0.2) is 4.39 Å². The summed E-state index contributed by atoms with van der Waals surface area (Å²) in [6.45, 7) is 0.850. The van der Waals surface area contributed by atoms with E-state index in [0.717, 1.165) is 10.6 Å². The number of nitrogens with two attached hydrogens (primary N) is 1. The highest BCUT2D eigenvalue weighted by molar-refractivity contribution is 7.10. The Bertz CT molecular complexity index is 906. The Kier molecular flexibility index (Phi) is 6.54. The molecule has 0 fully saturated rings. The molecular weight excluding hydrogens is 365 g/mol. The average Bonchev–Trinajstić information content (AvgIpc) is 3.35. The highest BCUT2D eigenvalue weighted by Gasteiger charge is 2.15. The van der Waals surface area contributed by atoms with Crippen molar-refractivity contribution in [1.82, 2.24) is 5.32 Å². The molecule has 0 aliphatic carbocycles. The number of furan rings is 1. The third-order valence-corrected chi connectivity index (χ3v) is 4.66. The van der Waals surface area contributed by atoms with E-state index in [2.05, 4.69) is 5.32 Å². The van der Waals surface area contributed by atoms with Gasteiger partial charge in [0.05, 0.1) is 37.4 Å². The van der Waals surface area contributed by atoms with E-state index in [9.17, 15) is 4.39 Å². The lowest BCUT2D eigenvalue weighted by Crippen LogP contribution is -2.17. The van der Waals surface area contributed by atoms with Crippen molar-refractivity contribution in [2.75, 3.05) is 12.5 Å². The predicted molar refractivity (Wildman–Crippen MR) is 106 cm³/mol. The highest BCUT2D eigenvalue weighted by atomic mass is 32.1. The van der Waals surface area contributed by atoms with Crippen molar-refractivity contribution in [3.05, 3.63) is 81.7 Å². The van der Waals surface area contributed by atoms with Crippen LogP contribution in [0.15, 0.2) is 58.5 Å². The Morgan fingerprint density at radius 2 is 2.19 bits per heavy atom. The number of rotatable bonds is 9. The first-order valence-electron chi connectivity index (χ1n) is 8.33. The molecule has 5 nitrogen and oxygen atoms in total. The number of allylic oxidation sites excluding steroid dienone is 1. The molecule has 1 aromatic carbocycles. The maximum Gasteiger partial charge on any atom is 0.140 e. The van der Waals surface area contributed by atoms with Crippen LogP contribution in [0, 0.1) is 11.2 Å². The molecule has 0 spiro atoms. The topological polar surface area (TPSA) is 84.3 Å². The number of anilines is 1. The fourth-order valence-electron chi connectivity index (χ4n) is 2.47.